The Morgan fingerprint density at radius 3 is 2.88 bits per heavy atom. The SMILES string of the molecule is COCCOCCCCNc1cccc(Cl)n1. The van der Waals surface area contributed by atoms with Gasteiger partial charge in [-0.2, -0.15) is 0 Å². The first kappa shape index (κ1) is 14.2. The zero-order valence-electron chi connectivity index (χ0n) is 10.1. The molecule has 1 aromatic rings. The molecule has 1 rings (SSSR count). The predicted octanol–water partition coefficient (Wildman–Crippen LogP) is 2.59. The van der Waals surface area contributed by atoms with Crippen molar-refractivity contribution in [1.82, 2.24) is 4.98 Å². The molecule has 0 fully saturated rings. The van der Waals surface area contributed by atoms with Gasteiger partial charge < -0.3 is 14.8 Å². The minimum atomic E-state index is 0.512. The lowest BCUT2D eigenvalue weighted by atomic mass is 10.3. The van der Waals surface area contributed by atoms with E-state index in [0.717, 1.165) is 31.8 Å². The summed E-state index contributed by atoms with van der Waals surface area (Å²) in [4.78, 5) is 4.14. The number of pyridine rings is 1. The Bertz CT molecular complexity index is 310. The van der Waals surface area contributed by atoms with Crippen LogP contribution in [0.25, 0.3) is 0 Å². The molecule has 0 unspecified atom stereocenters. The summed E-state index contributed by atoms with van der Waals surface area (Å²) < 4.78 is 10.2. The number of nitrogens with one attached hydrogen (secondary N) is 1. The largest absolute Gasteiger partial charge is 0.382 e. The van der Waals surface area contributed by atoms with Gasteiger partial charge in [-0.25, -0.2) is 4.98 Å². The molecule has 1 aromatic heterocycles. The van der Waals surface area contributed by atoms with E-state index in [2.05, 4.69) is 10.3 Å². The molecule has 0 bridgehead atoms. The molecule has 0 aromatic carbocycles. The molecule has 0 aliphatic rings. The lowest BCUT2D eigenvalue weighted by Gasteiger charge is -2.06. The quantitative estimate of drug-likeness (QED) is 0.546. The van der Waals surface area contributed by atoms with Gasteiger partial charge in [0.05, 0.1) is 13.2 Å². The summed E-state index contributed by atoms with van der Waals surface area (Å²) in [5.41, 5.74) is 0. The van der Waals surface area contributed by atoms with Gasteiger partial charge in [-0.05, 0) is 25.0 Å². The van der Waals surface area contributed by atoms with E-state index in [1.807, 2.05) is 12.1 Å². The fraction of sp³-hybridized carbons (Fsp3) is 0.583. The minimum absolute atomic E-state index is 0.512. The Morgan fingerprint density at radius 1 is 1.24 bits per heavy atom. The van der Waals surface area contributed by atoms with Crippen LogP contribution in [0, 0.1) is 0 Å². The molecule has 0 radical (unpaired) electrons. The van der Waals surface area contributed by atoms with Gasteiger partial charge >= 0.3 is 0 Å². The van der Waals surface area contributed by atoms with Gasteiger partial charge in [-0.3, -0.25) is 0 Å². The maximum atomic E-state index is 5.77. The van der Waals surface area contributed by atoms with E-state index in [-0.39, 0.29) is 0 Å². The fourth-order valence-corrected chi connectivity index (χ4v) is 1.46. The first-order chi connectivity index (χ1) is 8.33. The number of methoxy groups -OCH3 is 1. The highest BCUT2D eigenvalue weighted by atomic mass is 35.5. The second kappa shape index (κ2) is 9.22. The van der Waals surface area contributed by atoms with E-state index >= 15 is 0 Å². The molecule has 0 aliphatic heterocycles. The number of hydrogen-bond acceptors (Lipinski definition) is 4. The van der Waals surface area contributed by atoms with Crippen LogP contribution >= 0.6 is 11.6 Å². The number of hydrogen-bond donors (Lipinski definition) is 1. The smallest absolute Gasteiger partial charge is 0.131 e. The molecule has 17 heavy (non-hydrogen) atoms. The van der Waals surface area contributed by atoms with Crippen molar-refractivity contribution < 1.29 is 9.47 Å². The van der Waals surface area contributed by atoms with Crippen molar-refractivity contribution in [2.75, 3.05) is 38.8 Å². The summed E-state index contributed by atoms with van der Waals surface area (Å²) in [5, 5.41) is 3.72. The summed E-state index contributed by atoms with van der Waals surface area (Å²) in [6.07, 6.45) is 2.07. The maximum Gasteiger partial charge on any atom is 0.131 e. The molecule has 0 amide bonds. The van der Waals surface area contributed by atoms with Crippen LogP contribution in [0.5, 0.6) is 0 Å². The molecular formula is C12H19ClN2O2. The number of anilines is 1. The molecule has 4 nitrogen and oxygen atoms in total. The molecule has 5 heteroatoms. The van der Waals surface area contributed by atoms with Crippen molar-refractivity contribution in [3.8, 4) is 0 Å². The van der Waals surface area contributed by atoms with E-state index in [1.54, 1.807) is 13.2 Å². The molecule has 0 atom stereocenters. The zero-order valence-corrected chi connectivity index (χ0v) is 10.9. The van der Waals surface area contributed by atoms with Gasteiger partial charge in [0.2, 0.25) is 0 Å². The lowest BCUT2D eigenvalue weighted by molar-refractivity contribution is 0.0691. The molecule has 0 saturated heterocycles. The number of ether oxygens (including phenoxy) is 2. The molecule has 0 saturated carbocycles. The highest BCUT2D eigenvalue weighted by Crippen LogP contribution is 2.08. The van der Waals surface area contributed by atoms with E-state index in [1.165, 1.54) is 0 Å². The predicted molar refractivity (Wildman–Crippen MR) is 69.7 cm³/mol. The zero-order chi connectivity index (χ0) is 12.3. The molecule has 1 heterocycles. The molecule has 96 valence electrons. The van der Waals surface area contributed by atoms with E-state index in [9.17, 15) is 0 Å². The summed E-state index contributed by atoms with van der Waals surface area (Å²) in [6.45, 7) is 2.97. The first-order valence-electron chi connectivity index (χ1n) is 5.76. The van der Waals surface area contributed by atoms with Crippen molar-refractivity contribution in [2.24, 2.45) is 0 Å². The third kappa shape index (κ3) is 7.15. The van der Waals surface area contributed by atoms with Crippen molar-refractivity contribution in [1.29, 1.82) is 0 Å². The maximum absolute atomic E-state index is 5.77. The van der Waals surface area contributed by atoms with Crippen molar-refractivity contribution >= 4 is 17.4 Å². The van der Waals surface area contributed by atoms with Crippen LogP contribution < -0.4 is 5.32 Å². The first-order valence-corrected chi connectivity index (χ1v) is 6.14. The Hall–Kier alpha value is -0.840. The topological polar surface area (TPSA) is 43.4 Å². The Labute approximate surface area is 107 Å². The van der Waals surface area contributed by atoms with Gasteiger partial charge in [-0.15, -0.1) is 0 Å². The number of halogens is 1. The third-order valence-electron chi connectivity index (χ3n) is 2.17. The van der Waals surface area contributed by atoms with Crippen LogP contribution in [0.2, 0.25) is 5.15 Å². The highest BCUT2D eigenvalue weighted by Gasteiger charge is 1.94. The number of rotatable bonds is 9. The van der Waals surface area contributed by atoms with Gasteiger partial charge in [0.25, 0.3) is 0 Å². The highest BCUT2D eigenvalue weighted by molar-refractivity contribution is 6.29. The van der Waals surface area contributed by atoms with E-state index in [4.69, 9.17) is 21.1 Å². The average Bonchev–Trinajstić information content (AvgIpc) is 2.33. The third-order valence-corrected chi connectivity index (χ3v) is 2.38. The monoisotopic (exact) mass is 258 g/mol. The number of unbranched alkanes of at least 4 members (excludes halogenated alkanes) is 1. The van der Waals surface area contributed by atoms with Crippen LogP contribution in [0.4, 0.5) is 5.82 Å². The van der Waals surface area contributed by atoms with Crippen LogP contribution in [0.1, 0.15) is 12.8 Å². The summed E-state index contributed by atoms with van der Waals surface area (Å²) in [7, 11) is 1.67. The summed E-state index contributed by atoms with van der Waals surface area (Å²) in [5.74, 6) is 0.817. The van der Waals surface area contributed by atoms with Crippen molar-refractivity contribution in [3.63, 3.8) is 0 Å². The van der Waals surface area contributed by atoms with Crippen molar-refractivity contribution in [2.45, 2.75) is 12.8 Å². The average molecular weight is 259 g/mol. The van der Waals surface area contributed by atoms with Crippen LogP contribution in [-0.4, -0.2) is 38.5 Å². The number of aromatic nitrogens is 1. The summed E-state index contributed by atoms with van der Waals surface area (Å²) in [6, 6.07) is 5.54. The molecular weight excluding hydrogens is 240 g/mol. The van der Waals surface area contributed by atoms with Crippen LogP contribution in [0.15, 0.2) is 18.2 Å². The molecule has 0 aliphatic carbocycles. The molecule has 1 N–H and O–H groups in total. The standard InChI is InChI=1S/C12H19ClN2O2/c1-16-9-10-17-8-3-2-7-14-12-6-4-5-11(13)15-12/h4-6H,2-3,7-10H2,1H3,(H,14,15). The Balaban J connectivity index is 1.97. The number of nitrogens with zero attached hydrogens (tertiary/aromatic N) is 1. The van der Waals surface area contributed by atoms with Crippen molar-refractivity contribution in [3.05, 3.63) is 23.4 Å². The van der Waals surface area contributed by atoms with E-state index in [0.29, 0.717) is 18.4 Å². The normalized spacial score (nSPS) is 10.5. The van der Waals surface area contributed by atoms with Gasteiger partial charge in [0.1, 0.15) is 11.0 Å². The van der Waals surface area contributed by atoms with Gasteiger partial charge in [0, 0.05) is 20.3 Å². The Kier molecular flexibility index (Phi) is 7.71. The molecule has 0 spiro atoms. The lowest BCUT2D eigenvalue weighted by Crippen LogP contribution is -2.06. The van der Waals surface area contributed by atoms with Crippen LogP contribution in [-0.2, 0) is 9.47 Å². The Morgan fingerprint density at radius 2 is 2.12 bits per heavy atom. The fourth-order valence-electron chi connectivity index (χ4n) is 1.30. The minimum Gasteiger partial charge on any atom is -0.382 e. The van der Waals surface area contributed by atoms with Crippen LogP contribution in [0.3, 0.4) is 0 Å². The van der Waals surface area contributed by atoms with Gasteiger partial charge in [0.15, 0.2) is 0 Å². The van der Waals surface area contributed by atoms with Gasteiger partial charge in [-0.1, -0.05) is 17.7 Å². The summed E-state index contributed by atoms with van der Waals surface area (Å²) >= 11 is 5.77. The second-order valence-electron chi connectivity index (χ2n) is 3.58. The van der Waals surface area contributed by atoms with E-state index < -0.39 is 0 Å². The second-order valence-corrected chi connectivity index (χ2v) is 3.97.